The van der Waals surface area contributed by atoms with Gasteiger partial charge in [0.2, 0.25) is 11.8 Å². The van der Waals surface area contributed by atoms with Gasteiger partial charge in [0, 0.05) is 24.2 Å². The molecule has 1 atom stereocenters. The van der Waals surface area contributed by atoms with Gasteiger partial charge in [0.1, 0.15) is 12.6 Å². The van der Waals surface area contributed by atoms with Gasteiger partial charge in [0.05, 0.1) is 24.8 Å². The molecule has 0 aromatic heterocycles. The molecular formula is C31H38ClN3O6S. The molecule has 3 aromatic carbocycles. The topological polar surface area (TPSA) is 105 Å². The van der Waals surface area contributed by atoms with E-state index in [0.29, 0.717) is 17.3 Å². The molecule has 0 aliphatic rings. The highest BCUT2D eigenvalue weighted by molar-refractivity contribution is 7.92. The normalized spacial score (nSPS) is 11.9. The summed E-state index contributed by atoms with van der Waals surface area (Å²) in [5.41, 5.74) is 2.03. The van der Waals surface area contributed by atoms with Gasteiger partial charge in [-0.3, -0.25) is 13.9 Å². The van der Waals surface area contributed by atoms with Crippen LogP contribution in [0.15, 0.2) is 71.6 Å². The summed E-state index contributed by atoms with van der Waals surface area (Å²) in [7, 11) is -1.43. The van der Waals surface area contributed by atoms with E-state index in [1.807, 2.05) is 38.1 Å². The highest BCUT2D eigenvalue weighted by atomic mass is 35.5. The minimum absolute atomic E-state index is 0.0984. The molecule has 0 radical (unpaired) electrons. The fraction of sp³-hybridized carbons (Fsp3) is 0.355. The minimum Gasteiger partial charge on any atom is -0.493 e. The number of rotatable bonds is 14. The molecule has 226 valence electrons. The molecule has 11 heteroatoms. The first-order valence-electron chi connectivity index (χ1n) is 13.7. The highest BCUT2D eigenvalue weighted by Gasteiger charge is 2.33. The average Bonchev–Trinajstić information content (AvgIpc) is 2.99. The number of sulfonamides is 1. The molecule has 0 fully saturated rings. The molecule has 0 bridgehead atoms. The molecule has 0 saturated carbocycles. The van der Waals surface area contributed by atoms with Crippen molar-refractivity contribution in [1.82, 2.24) is 10.2 Å². The Balaban J connectivity index is 2.05. The lowest BCUT2D eigenvalue weighted by Gasteiger charge is -2.32. The van der Waals surface area contributed by atoms with E-state index >= 15 is 0 Å². The van der Waals surface area contributed by atoms with Crippen molar-refractivity contribution in [3.8, 4) is 11.5 Å². The number of amides is 2. The van der Waals surface area contributed by atoms with E-state index in [1.165, 1.54) is 49.5 Å². The van der Waals surface area contributed by atoms with Gasteiger partial charge in [-0.2, -0.15) is 0 Å². The second-order valence-corrected chi connectivity index (χ2v) is 12.1. The van der Waals surface area contributed by atoms with E-state index in [9.17, 15) is 18.0 Å². The van der Waals surface area contributed by atoms with Crippen molar-refractivity contribution < 1.29 is 27.5 Å². The van der Waals surface area contributed by atoms with Gasteiger partial charge >= 0.3 is 0 Å². The second-order valence-electron chi connectivity index (χ2n) is 9.77. The lowest BCUT2D eigenvalue weighted by atomic mass is 10.1. The molecule has 0 saturated heterocycles. The number of hydrogen-bond donors (Lipinski definition) is 1. The highest BCUT2D eigenvalue weighted by Crippen LogP contribution is 2.32. The fourth-order valence-electron chi connectivity index (χ4n) is 4.33. The zero-order chi connectivity index (χ0) is 30.9. The van der Waals surface area contributed by atoms with Gasteiger partial charge in [-0.1, -0.05) is 49.2 Å². The molecule has 3 aromatic rings. The first kappa shape index (κ1) is 32.8. The number of ether oxygens (including phenoxy) is 2. The third kappa shape index (κ3) is 7.95. The largest absolute Gasteiger partial charge is 0.493 e. The maximum Gasteiger partial charge on any atom is 0.264 e. The number of halogens is 1. The first-order valence-corrected chi connectivity index (χ1v) is 15.5. The third-order valence-electron chi connectivity index (χ3n) is 6.94. The monoisotopic (exact) mass is 615 g/mol. The summed E-state index contributed by atoms with van der Waals surface area (Å²) >= 11 is 6.09. The Labute approximate surface area is 253 Å². The van der Waals surface area contributed by atoms with Crippen LogP contribution in [0, 0.1) is 6.92 Å². The number of aryl methyl sites for hydroxylation is 1. The lowest BCUT2D eigenvalue weighted by molar-refractivity contribution is -0.139. The lowest BCUT2D eigenvalue weighted by Crippen LogP contribution is -2.51. The van der Waals surface area contributed by atoms with Crippen LogP contribution in [-0.4, -0.2) is 58.5 Å². The minimum atomic E-state index is -4.29. The molecule has 42 heavy (non-hydrogen) atoms. The molecule has 1 N–H and O–H groups in total. The van der Waals surface area contributed by atoms with E-state index in [1.54, 1.807) is 19.1 Å². The Morgan fingerprint density at radius 1 is 0.976 bits per heavy atom. The van der Waals surface area contributed by atoms with E-state index < -0.39 is 28.5 Å². The number of nitrogens with zero attached hydrogens (tertiary/aromatic N) is 2. The van der Waals surface area contributed by atoms with Gasteiger partial charge in [-0.05, 0) is 67.8 Å². The Bertz CT molecular complexity index is 1480. The summed E-state index contributed by atoms with van der Waals surface area (Å²) in [5, 5.41) is 3.29. The van der Waals surface area contributed by atoms with Crippen molar-refractivity contribution in [2.24, 2.45) is 0 Å². The zero-order valence-corrected chi connectivity index (χ0v) is 26.2. The average molecular weight is 616 g/mol. The van der Waals surface area contributed by atoms with Crippen LogP contribution in [0.4, 0.5) is 5.69 Å². The number of methoxy groups -OCH3 is 2. The summed E-state index contributed by atoms with van der Waals surface area (Å²) in [6.45, 7) is 5.64. The van der Waals surface area contributed by atoms with E-state index in [-0.39, 0.29) is 28.8 Å². The molecule has 0 heterocycles. The predicted octanol–water partition coefficient (Wildman–Crippen LogP) is 5.19. The number of hydrogen-bond acceptors (Lipinski definition) is 6. The van der Waals surface area contributed by atoms with Gasteiger partial charge in [-0.15, -0.1) is 0 Å². The number of carbonyl (C=O) groups excluding carboxylic acids is 2. The van der Waals surface area contributed by atoms with Crippen LogP contribution in [0.25, 0.3) is 0 Å². The van der Waals surface area contributed by atoms with Crippen molar-refractivity contribution in [1.29, 1.82) is 0 Å². The van der Waals surface area contributed by atoms with Crippen LogP contribution in [-0.2, 0) is 26.2 Å². The molecule has 0 aliphatic heterocycles. The van der Waals surface area contributed by atoms with Crippen LogP contribution in [0.2, 0.25) is 5.02 Å². The van der Waals surface area contributed by atoms with Crippen molar-refractivity contribution in [2.75, 3.05) is 31.6 Å². The summed E-state index contributed by atoms with van der Waals surface area (Å²) in [4.78, 5) is 28.5. The molecule has 3 rings (SSSR count). The molecule has 9 nitrogen and oxygen atoms in total. The van der Waals surface area contributed by atoms with Crippen molar-refractivity contribution in [3.05, 3.63) is 82.9 Å². The number of unbranched alkanes of at least 4 members (excludes halogenated alkanes) is 1. The van der Waals surface area contributed by atoms with Crippen LogP contribution in [0.3, 0.4) is 0 Å². The second kappa shape index (κ2) is 14.9. The fourth-order valence-corrected chi connectivity index (χ4v) is 5.89. The summed E-state index contributed by atoms with van der Waals surface area (Å²) in [6, 6.07) is 17.1. The smallest absolute Gasteiger partial charge is 0.264 e. The zero-order valence-electron chi connectivity index (χ0n) is 24.6. The Hall–Kier alpha value is -3.76. The van der Waals surface area contributed by atoms with Gasteiger partial charge < -0.3 is 19.7 Å². The van der Waals surface area contributed by atoms with Crippen molar-refractivity contribution in [3.63, 3.8) is 0 Å². The summed E-state index contributed by atoms with van der Waals surface area (Å²) in [6.07, 6.45) is 1.71. The Morgan fingerprint density at radius 3 is 2.26 bits per heavy atom. The van der Waals surface area contributed by atoms with Gasteiger partial charge in [0.15, 0.2) is 11.5 Å². The van der Waals surface area contributed by atoms with Crippen LogP contribution < -0.4 is 19.1 Å². The standard InChI is InChI=1S/C31H38ClN3O6S/c1-6-7-18-33-31(37)23(3)34(20-24-11-9-8-10-22(24)2)30(36)21-35(26-14-12-25(32)13-15-26)42(38,39)27-16-17-28(40-4)29(19-27)41-5/h8-17,19,23H,6-7,18,20-21H2,1-5H3,(H,33,37)/t23-/m0/s1. The van der Waals surface area contributed by atoms with Crippen LogP contribution in [0.1, 0.15) is 37.8 Å². The molecular weight excluding hydrogens is 578 g/mol. The molecule has 0 aliphatic carbocycles. The van der Waals surface area contributed by atoms with Crippen molar-refractivity contribution >= 4 is 39.1 Å². The SMILES string of the molecule is CCCCNC(=O)[C@H](C)N(Cc1ccccc1C)C(=O)CN(c1ccc(Cl)cc1)S(=O)(=O)c1ccc(OC)c(OC)c1. The summed E-state index contributed by atoms with van der Waals surface area (Å²) in [5.74, 6) is -0.279. The van der Waals surface area contributed by atoms with E-state index in [0.717, 1.165) is 28.3 Å². The number of anilines is 1. The number of nitrogens with one attached hydrogen (secondary N) is 1. The maximum absolute atomic E-state index is 14.1. The van der Waals surface area contributed by atoms with E-state index in [4.69, 9.17) is 21.1 Å². The molecule has 0 spiro atoms. The van der Waals surface area contributed by atoms with Crippen molar-refractivity contribution in [2.45, 2.75) is 51.1 Å². The third-order valence-corrected chi connectivity index (χ3v) is 8.96. The quantitative estimate of drug-likeness (QED) is 0.250. The Kier molecular flexibility index (Phi) is 11.6. The van der Waals surface area contributed by atoms with Gasteiger partial charge in [0.25, 0.3) is 10.0 Å². The maximum atomic E-state index is 14.1. The molecule has 0 unspecified atom stereocenters. The number of benzene rings is 3. The first-order chi connectivity index (χ1) is 20.0. The molecule has 2 amide bonds. The van der Waals surface area contributed by atoms with Crippen LogP contribution in [0.5, 0.6) is 11.5 Å². The number of carbonyl (C=O) groups is 2. The summed E-state index contributed by atoms with van der Waals surface area (Å²) < 4.78 is 39.8. The van der Waals surface area contributed by atoms with Gasteiger partial charge in [-0.25, -0.2) is 8.42 Å². The predicted molar refractivity (Wildman–Crippen MR) is 165 cm³/mol. The van der Waals surface area contributed by atoms with E-state index in [2.05, 4.69) is 5.32 Å². The van der Waals surface area contributed by atoms with Crippen LogP contribution >= 0.6 is 11.6 Å². The Morgan fingerprint density at radius 2 is 1.64 bits per heavy atom.